The van der Waals surface area contributed by atoms with Crippen molar-refractivity contribution in [2.24, 2.45) is 5.10 Å². The van der Waals surface area contributed by atoms with Gasteiger partial charge in [-0.2, -0.15) is 17.9 Å². The SMILES string of the molecule is CC(=NN(C)S(=O)(=O)c1ccc(C)cc1)c1ccc(OCc2ccccc2)cc1. The Balaban J connectivity index is 1.69. The van der Waals surface area contributed by atoms with Crippen LogP contribution in [0.2, 0.25) is 0 Å². The van der Waals surface area contributed by atoms with Gasteiger partial charge >= 0.3 is 0 Å². The molecule has 5 nitrogen and oxygen atoms in total. The van der Waals surface area contributed by atoms with Crippen LogP contribution in [0.15, 0.2) is 88.9 Å². The maximum absolute atomic E-state index is 12.7. The molecule has 6 heteroatoms. The normalized spacial score (nSPS) is 11.9. The Morgan fingerprint density at radius 3 is 2.17 bits per heavy atom. The summed E-state index contributed by atoms with van der Waals surface area (Å²) in [6.45, 7) is 4.18. The van der Waals surface area contributed by atoms with Crippen molar-refractivity contribution in [2.75, 3.05) is 7.05 Å². The van der Waals surface area contributed by atoms with Gasteiger partial charge in [0.2, 0.25) is 0 Å². The van der Waals surface area contributed by atoms with Gasteiger partial charge in [0.05, 0.1) is 10.6 Å². The molecule has 0 amide bonds. The van der Waals surface area contributed by atoms with Crippen molar-refractivity contribution in [1.82, 2.24) is 4.41 Å². The fourth-order valence-corrected chi connectivity index (χ4v) is 3.73. The van der Waals surface area contributed by atoms with E-state index in [0.717, 1.165) is 26.9 Å². The minimum atomic E-state index is -3.69. The number of hydrogen-bond donors (Lipinski definition) is 0. The summed E-state index contributed by atoms with van der Waals surface area (Å²) in [6, 6.07) is 24.1. The predicted octanol–water partition coefficient (Wildman–Crippen LogP) is 4.62. The second-order valence-electron chi connectivity index (χ2n) is 6.74. The van der Waals surface area contributed by atoms with Gasteiger partial charge in [-0.25, -0.2) is 0 Å². The number of aryl methyl sites for hydroxylation is 1. The Morgan fingerprint density at radius 1 is 0.931 bits per heavy atom. The van der Waals surface area contributed by atoms with Gasteiger partial charge < -0.3 is 4.74 Å². The molecule has 0 saturated heterocycles. The zero-order valence-corrected chi connectivity index (χ0v) is 17.6. The zero-order valence-electron chi connectivity index (χ0n) is 16.7. The Hall–Kier alpha value is -3.12. The molecule has 3 rings (SSSR count). The molecule has 0 N–H and O–H groups in total. The van der Waals surface area contributed by atoms with Crippen molar-refractivity contribution in [2.45, 2.75) is 25.3 Å². The average Bonchev–Trinajstić information content (AvgIpc) is 2.73. The number of ether oxygens (including phenoxy) is 1. The van der Waals surface area contributed by atoms with Crippen LogP contribution < -0.4 is 4.74 Å². The molecule has 3 aromatic rings. The third-order valence-electron chi connectivity index (χ3n) is 4.48. The first-order valence-electron chi connectivity index (χ1n) is 9.24. The fraction of sp³-hybridized carbons (Fsp3) is 0.174. The van der Waals surface area contributed by atoms with Gasteiger partial charge in [0, 0.05) is 7.05 Å². The Labute approximate surface area is 172 Å². The largest absolute Gasteiger partial charge is 0.489 e. The van der Waals surface area contributed by atoms with E-state index in [1.807, 2.05) is 61.5 Å². The first kappa shape index (κ1) is 20.6. The highest BCUT2D eigenvalue weighted by molar-refractivity contribution is 7.89. The number of hydrazone groups is 1. The molecule has 0 bridgehead atoms. The highest BCUT2D eigenvalue weighted by Crippen LogP contribution is 2.18. The number of nitrogens with zero attached hydrogens (tertiary/aromatic N) is 2. The van der Waals surface area contributed by atoms with Crippen LogP contribution in [0.1, 0.15) is 23.6 Å². The van der Waals surface area contributed by atoms with E-state index in [1.165, 1.54) is 7.05 Å². The summed E-state index contributed by atoms with van der Waals surface area (Å²) in [5.41, 5.74) is 3.51. The molecular formula is C23H24N2O3S. The van der Waals surface area contributed by atoms with Crippen molar-refractivity contribution in [3.05, 3.63) is 95.6 Å². The summed E-state index contributed by atoms with van der Waals surface area (Å²) in [7, 11) is -2.24. The molecule has 0 atom stereocenters. The first-order valence-corrected chi connectivity index (χ1v) is 10.7. The monoisotopic (exact) mass is 408 g/mol. The molecular weight excluding hydrogens is 384 g/mol. The van der Waals surface area contributed by atoms with Crippen molar-refractivity contribution in [1.29, 1.82) is 0 Å². The highest BCUT2D eigenvalue weighted by atomic mass is 32.2. The number of rotatable bonds is 7. The zero-order chi connectivity index (χ0) is 20.9. The average molecular weight is 409 g/mol. The van der Waals surface area contributed by atoms with Crippen molar-refractivity contribution >= 4 is 15.7 Å². The maximum atomic E-state index is 12.7. The van der Waals surface area contributed by atoms with E-state index < -0.39 is 10.0 Å². The summed E-state index contributed by atoms with van der Waals surface area (Å²) >= 11 is 0. The summed E-state index contributed by atoms with van der Waals surface area (Å²) in [4.78, 5) is 0.215. The Morgan fingerprint density at radius 2 is 1.55 bits per heavy atom. The number of sulfonamides is 1. The number of hydrogen-bond acceptors (Lipinski definition) is 4. The topological polar surface area (TPSA) is 59.0 Å². The van der Waals surface area contributed by atoms with E-state index in [2.05, 4.69) is 5.10 Å². The minimum Gasteiger partial charge on any atom is -0.489 e. The second-order valence-corrected chi connectivity index (χ2v) is 8.69. The molecule has 0 saturated carbocycles. The molecule has 0 aliphatic carbocycles. The van der Waals surface area contributed by atoms with Gasteiger partial charge in [-0.3, -0.25) is 0 Å². The predicted molar refractivity (Wildman–Crippen MR) is 116 cm³/mol. The van der Waals surface area contributed by atoms with Crippen LogP contribution in [-0.2, 0) is 16.6 Å². The minimum absolute atomic E-state index is 0.215. The molecule has 0 aliphatic rings. The lowest BCUT2D eigenvalue weighted by Gasteiger charge is -2.15. The van der Waals surface area contributed by atoms with Crippen molar-refractivity contribution in [3.8, 4) is 5.75 Å². The molecule has 0 spiro atoms. The van der Waals surface area contributed by atoms with E-state index >= 15 is 0 Å². The second kappa shape index (κ2) is 8.92. The number of benzene rings is 3. The smallest absolute Gasteiger partial charge is 0.278 e. The molecule has 0 radical (unpaired) electrons. The van der Waals surface area contributed by atoms with Gasteiger partial charge in [-0.05, 0) is 61.4 Å². The molecule has 150 valence electrons. The summed E-state index contributed by atoms with van der Waals surface area (Å²) in [5.74, 6) is 0.742. The molecule has 0 fully saturated rings. The lowest BCUT2D eigenvalue weighted by atomic mass is 10.1. The Bertz CT molecular complexity index is 1080. The lowest BCUT2D eigenvalue weighted by molar-refractivity contribution is 0.306. The first-order chi connectivity index (χ1) is 13.9. The van der Waals surface area contributed by atoms with Crippen molar-refractivity contribution in [3.63, 3.8) is 0 Å². The van der Waals surface area contributed by atoms with E-state index in [9.17, 15) is 8.42 Å². The van der Waals surface area contributed by atoms with Gasteiger partial charge in [0.15, 0.2) is 0 Å². The van der Waals surface area contributed by atoms with Gasteiger partial charge in [-0.15, -0.1) is 0 Å². The summed E-state index contributed by atoms with van der Waals surface area (Å²) < 4.78 is 32.2. The van der Waals surface area contributed by atoms with E-state index in [0.29, 0.717) is 12.3 Å². The highest BCUT2D eigenvalue weighted by Gasteiger charge is 2.19. The molecule has 0 aromatic heterocycles. The van der Waals surface area contributed by atoms with E-state index in [4.69, 9.17) is 4.74 Å². The summed E-state index contributed by atoms with van der Waals surface area (Å²) in [6.07, 6.45) is 0. The van der Waals surface area contributed by atoms with Crippen LogP contribution in [0.4, 0.5) is 0 Å². The van der Waals surface area contributed by atoms with Crippen LogP contribution in [0.5, 0.6) is 5.75 Å². The Kier molecular flexibility index (Phi) is 6.34. The van der Waals surface area contributed by atoms with Crippen LogP contribution in [0.3, 0.4) is 0 Å². The third kappa shape index (κ3) is 5.23. The van der Waals surface area contributed by atoms with Crippen molar-refractivity contribution < 1.29 is 13.2 Å². The van der Waals surface area contributed by atoms with Gasteiger partial charge in [0.1, 0.15) is 12.4 Å². The lowest BCUT2D eigenvalue weighted by Crippen LogP contribution is -2.23. The van der Waals surface area contributed by atoms with E-state index in [-0.39, 0.29) is 4.90 Å². The van der Waals surface area contributed by atoms with Crippen LogP contribution >= 0.6 is 0 Å². The van der Waals surface area contributed by atoms with Crippen LogP contribution in [0, 0.1) is 6.92 Å². The van der Waals surface area contributed by atoms with E-state index in [1.54, 1.807) is 31.2 Å². The molecule has 0 unspecified atom stereocenters. The molecule has 29 heavy (non-hydrogen) atoms. The summed E-state index contributed by atoms with van der Waals surface area (Å²) in [5, 5.41) is 4.26. The fourth-order valence-electron chi connectivity index (χ4n) is 2.72. The van der Waals surface area contributed by atoms with Crippen LogP contribution in [0.25, 0.3) is 0 Å². The third-order valence-corrected chi connectivity index (χ3v) is 6.12. The maximum Gasteiger partial charge on any atom is 0.278 e. The van der Waals surface area contributed by atoms with Gasteiger partial charge in [-0.1, -0.05) is 48.0 Å². The quantitative estimate of drug-likeness (QED) is 0.423. The van der Waals surface area contributed by atoms with Crippen LogP contribution in [-0.4, -0.2) is 25.6 Å². The molecule has 0 heterocycles. The standard InChI is InChI=1S/C23H24N2O3S/c1-18-9-15-23(16-10-18)29(26,27)25(3)24-19(2)21-11-13-22(14-12-21)28-17-20-7-5-4-6-8-20/h4-16H,17H2,1-3H3. The van der Waals surface area contributed by atoms with Gasteiger partial charge in [0.25, 0.3) is 10.0 Å². The molecule has 3 aromatic carbocycles. The molecule has 0 aliphatic heterocycles.